The fourth-order valence-electron chi connectivity index (χ4n) is 2.58. The fraction of sp³-hybridized carbons (Fsp3) is 0.476. The molecule has 0 aliphatic heterocycles. The van der Waals surface area contributed by atoms with E-state index in [1.54, 1.807) is 6.19 Å². The van der Waals surface area contributed by atoms with Crippen LogP contribution in [0.5, 0.6) is 5.75 Å². The first-order valence-electron chi connectivity index (χ1n) is 9.52. The topological polar surface area (TPSA) is 62.7 Å². The van der Waals surface area contributed by atoms with E-state index < -0.39 is 12.8 Å². The van der Waals surface area contributed by atoms with Crippen molar-refractivity contribution < 1.29 is 17.9 Å². The van der Waals surface area contributed by atoms with Gasteiger partial charge in [-0.2, -0.15) is 28.4 Å². The Morgan fingerprint density at radius 2 is 1.97 bits per heavy atom. The number of aromatic nitrogens is 1. The number of nitriles is 1. The summed E-state index contributed by atoms with van der Waals surface area (Å²) in [5, 5.41) is 9.45. The van der Waals surface area contributed by atoms with Gasteiger partial charge in [0.15, 0.2) is 17.2 Å². The summed E-state index contributed by atoms with van der Waals surface area (Å²) in [5.74, 6) is 0.152. The van der Waals surface area contributed by atoms with Gasteiger partial charge in [-0.15, -0.1) is 11.3 Å². The van der Waals surface area contributed by atoms with Crippen LogP contribution < -0.4 is 9.54 Å². The van der Waals surface area contributed by atoms with Crippen LogP contribution >= 0.6 is 22.9 Å². The lowest BCUT2D eigenvalue weighted by molar-refractivity contribution is -0.153. The van der Waals surface area contributed by atoms with E-state index in [-0.39, 0.29) is 27.6 Å². The molecule has 0 fully saturated rings. The molecule has 0 aliphatic carbocycles. The van der Waals surface area contributed by atoms with Crippen LogP contribution in [0.3, 0.4) is 0 Å². The van der Waals surface area contributed by atoms with E-state index in [0.717, 1.165) is 4.88 Å². The van der Waals surface area contributed by atoms with Crippen LogP contribution in [0.2, 0.25) is 5.02 Å². The normalized spacial score (nSPS) is 13.6. The van der Waals surface area contributed by atoms with Gasteiger partial charge >= 0.3 is 6.18 Å². The van der Waals surface area contributed by atoms with Crippen molar-refractivity contribution in [3.05, 3.63) is 44.7 Å². The molecule has 2 rings (SSSR count). The zero-order chi connectivity index (χ0) is 23.4. The summed E-state index contributed by atoms with van der Waals surface area (Å²) in [4.78, 5) is 9.95. The summed E-state index contributed by atoms with van der Waals surface area (Å²) < 4.78 is 44.9. The Morgan fingerprint density at radius 1 is 1.29 bits per heavy atom. The van der Waals surface area contributed by atoms with Gasteiger partial charge in [0.05, 0.1) is 5.56 Å². The van der Waals surface area contributed by atoms with Gasteiger partial charge in [-0.3, -0.25) is 0 Å². The average Bonchev–Trinajstić information content (AvgIpc) is 3.01. The second kappa shape index (κ2) is 9.88. The molecule has 0 amide bonds. The molecule has 1 aromatic heterocycles. The largest absolute Gasteiger partial charge is 0.483 e. The van der Waals surface area contributed by atoms with Crippen LogP contribution in [-0.2, 0) is 12.0 Å². The molecule has 0 saturated carbocycles. The minimum absolute atomic E-state index is 0.0676. The van der Waals surface area contributed by atoms with Gasteiger partial charge < -0.3 is 9.30 Å². The van der Waals surface area contributed by atoms with Gasteiger partial charge in [-0.25, -0.2) is 0 Å². The van der Waals surface area contributed by atoms with Gasteiger partial charge in [0.2, 0.25) is 6.19 Å². The summed E-state index contributed by atoms with van der Waals surface area (Å²) in [7, 11) is 0. The maximum absolute atomic E-state index is 12.7. The Bertz CT molecular complexity index is 1060. The molecule has 168 valence electrons. The lowest BCUT2D eigenvalue weighted by Crippen LogP contribution is -2.21. The SMILES string of the molecule is CC(C)Cn1cc(C(C)(C)C)s/c1=N\C(=N\C#N)c1cc(Cl)ccc1OCC(F)(F)F. The summed E-state index contributed by atoms with van der Waals surface area (Å²) in [6.07, 6.45) is -0.840. The van der Waals surface area contributed by atoms with E-state index in [1.807, 2.05) is 10.8 Å². The molecule has 31 heavy (non-hydrogen) atoms. The van der Waals surface area contributed by atoms with E-state index in [4.69, 9.17) is 16.3 Å². The van der Waals surface area contributed by atoms with Crippen LogP contribution in [0, 0.1) is 17.4 Å². The number of hydrogen-bond acceptors (Lipinski definition) is 4. The Balaban J connectivity index is 2.65. The van der Waals surface area contributed by atoms with Crippen molar-refractivity contribution in [2.75, 3.05) is 6.61 Å². The maximum Gasteiger partial charge on any atom is 0.422 e. The zero-order valence-electron chi connectivity index (χ0n) is 17.9. The third-order valence-electron chi connectivity index (χ3n) is 3.95. The van der Waals surface area contributed by atoms with Gasteiger partial charge in [0, 0.05) is 22.6 Å². The number of aliphatic imine (C=N–C) groups is 1. The first-order valence-corrected chi connectivity index (χ1v) is 10.7. The van der Waals surface area contributed by atoms with Crippen molar-refractivity contribution in [2.24, 2.45) is 15.9 Å². The van der Waals surface area contributed by atoms with Gasteiger partial charge in [-0.05, 0) is 29.5 Å². The number of rotatable bonds is 5. The molecule has 1 heterocycles. The summed E-state index contributed by atoms with van der Waals surface area (Å²) in [5.41, 5.74) is -0.0131. The quantitative estimate of drug-likeness (QED) is 0.308. The lowest BCUT2D eigenvalue weighted by Gasteiger charge is -2.14. The molecular weight excluding hydrogens is 449 g/mol. The molecule has 10 heteroatoms. The van der Waals surface area contributed by atoms with Gasteiger partial charge in [-0.1, -0.05) is 46.2 Å². The predicted molar refractivity (Wildman–Crippen MR) is 117 cm³/mol. The van der Waals surface area contributed by atoms with Crippen LogP contribution in [0.25, 0.3) is 0 Å². The molecule has 0 spiro atoms. The molecule has 0 saturated heterocycles. The van der Waals surface area contributed by atoms with Crippen molar-refractivity contribution >= 4 is 28.8 Å². The number of thiazole rings is 1. The Morgan fingerprint density at radius 3 is 2.52 bits per heavy atom. The predicted octanol–water partition coefficient (Wildman–Crippen LogP) is 5.93. The number of ether oxygens (including phenoxy) is 1. The number of amidine groups is 1. The van der Waals surface area contributed by atoms with Gasteiger partial charge in [0.1, 0.15) is 5.75 Å². The number of halogens is 4. The van der Waals surface area contributed by atoms with Gasteiger partial charge in [0.25, 0.3) is 0 Å². The van der Waals surface area contributed by atoms with Crippen molar-refractivity contribution in [1.29, 1.82) is 5.26 Å². The number of benzene rings is 1. The third kappa shape index (κ3) is 7.40. The second-order valence-corrected chi connectivity index (χ2v) is 9.81. The maximum atomic E-state index is 12.7. The molecule has 5 nitrogen and oxygen atoms in total. The lowest BCUT2D eigenvalue weighted by atomic mass is 9.95. The van der Waals surface area contributed by atoms with E-state index in [0.29, 0.717) is 17.3 Å². The van der Waals surface area contributed by atoms with Crippen LogP contribution in [0.15, 0.2) is 34.4 Å². The Kier molecular flexibility index (Phi) is 7.95. The molecular formula is C21H24ClF3N4OS. The minimum atomic E-state index is -4.52. The number of hydrogen-bond donors (Lipinski definition) is 0. The van der Waals surface area contributed by atoms with E-state index >= 15 is 0 Å². The van der Waals surface area contributed by atoms with Crippen LogP contribution in [-0.4, -0.2) is 23.2 Å². The summed E-state index contributed by atoms with van der Waals surface area (Å²) >= 11 is 7.50. The van der Waals surface area contributed by atoms with E-state index in [1.165, 1.54) is 29.5 Å². The standard InChI is InChI=1S/C21H24ClF3N4OS/c1-13(2)9-29-10-17(20(3,4)5)31-19(29)28-18(27-12-26)15-8-14(22)6-7-16(15)30-11-21(23,24)25/h6-8,10,13H,9,11H2,1-5H3/b27-18+,28-19-. The fourth-order valence-corrected chi connectivity index (χ4v) is 3.82. The minimum Gasteiger partial charge on any atom is -0.483 e. The van der Waals surface area contributed by atoms with Crippen molar-refractivity contribution in [3.8, 4) is 11.9 Å². The van der Waals surface area contributed by atoms with Crippen molar-refractivity contribution in [2.45, 2.75) is 52.8 Å². The summed E-state index contributed by atoms with van der Waals surface area (Å²) in [6.45, 7) is 9.55. The molecule has 0 unspecified atom stereocenters. The monoisotopic (exact) mass is 472 g/mol. The number of alkyl halides is 3. The summed E-state index contributed by atoms with van der Waals surface area (Å²) in [6, 6.07) is 4.10. The van der Waals surface area contributed by atoms with Crippen LogP contribution in [0.4, 0.5) is 13.2 Å². The average molecular weight is 473 g/mol. The molecule has 1 aromatic carbocycles. The molecule has 0 aliphatic rings. The van der Waals surface area contributed by atoms with E-state index in [9.17, 15) is 18.4 Å². The highest BCUT2D eigenvalue weighted by molar-refractivity contribution is 7.09. The molecule has 0 atom stereocenters. The highest BCUT2D eigenvalue weighted by atomic mass is 35.5. The van der Waals surface area contributed by atoms with Crippen molar-refractivity contribution in [1.82, 2.24) is 4.57 Å². The van der Waals surface area contributed by atoms with E-state index in [2.05, 4.69) is 44.6 Å². The molecule has 2 aromatic rings. The highest BCUT2D eigenvalue weighted by Crippen LogP contribution is 2.27. The molecule has 0 radical (unpaired) electrons. The Hall–Kier alpha value is -2.31. The smallest absolute Gasteiger partial charge is 0.422 e. The van der Waals surface area contributed by atoms with Crippen molar-refractivity contribution in [3.63, 3.8) is 0 Å². The first-order chi connectivity index (χ1) is 14.3. The number of nitrogens with zero attached hydrogens (tertiary/aromatic N) is 4. The highest BCUT2D eigenvalue weighted by Gasteiger charge is 2.29. The van der Waals surface area contributed by atoms with Crippen LogP contribution in [0.1, 0.15) is 45.1 Å². The zero-order valence-corrected chi connectivity index (χ0v) is 19.5. The third-order valence-corrected chi connectivity index (χ3v) is 5.63. The molecule has 0 N–H and O–H groups in total. The Labute approximate surface area is 188 Å². The molecule has 0 bridgehead atoms. The second-order valence-electron chi connectivity index (χ2n) is 8.37. The first kappa shape index (κ1) is 25.0.